The molecule has 3 rings (SSSR count). The van der Waals surface area contributed by atoms with Crippen LogP contribution in [0, 0.1) is 12.8 Å². The molecule has 4 nitrogen and oxygen atoms in total. The van der Waals surface area contributed by atoms with E-state index in [2.05, 4.69) is 9.55 Å². The lowest BCUT2D eigenvalue weighted by Crippen LogP contribution is -2.16. The monoisotopic (exact) mass is 370 g/mol. The van der Waals surface area contributed by atoms with Gasteiger partial charge in [0.15, 0.2) is 0 Å². The van der Waals surface area contributed by atoms with E-state index in [1.807, 2.05) is 68.6 Å². The molecule has 2 unspecified atom stereocenters. The number of halogens is 1. The van der Waals surface area contributed by atoms with Gasteiger partial charge in [-0.05, 0) is 42.3 Å². The largest absolute Gasteiger partial charge is 0.489 e. The Labute approximate surface area is 159 Å². The van der Waals surface area contributed by atoms with Crippen LogP contribution in [-0.2, 0) is 13.2 Å². The van der Waals surface area contributed by atoms with E-state index in [0.717, 1.165) is 29.2 Å². The molecular weight excluding hydrogens is 348 g/mol. The van der Waals surface area contributed by atoms with Gasteiger partial charge < -0.3 is 14.4 Å². The van der Waals surface area contributed by atoms with Crippen molar-refractivity contribution < 1.29 is 9.84 Å². The summed E-state index contributed by atoms with van der Waals surface area (Å²) in [5, 5.41) is 11.3. The van der Waals surface area contributed by atoms with Gasteiger partial charge in [-0.1, -0.05) is 42.8 Å². The topological polar surface area (TPSA) is 47.3 Å². The Kier molecular flexibility index (Phi) is 5.96. The van der Waals surface area contributed by atoms with E-state index >= 15 is 0 Å². The van der Waals surface area contributed by atoms with Gasteiger partial charge in [0.1, 0.15) is 18.2 Å². The molecular formula is C21H23ClN2O2. The molecule has 136 valence electrons. The van der Waals surface area contributed by atoms with Crippen LogP contribution in [0.2, 0.25) is 5.02 Å². The molecule has 0 saturated heterocycles. The Hall–Kier alpha value is -2.30. The molecule has 0 saturated carbocycles. The molecule has 0 radical (unpaired) electrons. The Balaban J connectivity index is 1.57. The van der Waals surface area contributed by atoms with Crippen LogP contribution >= 0.6 is 11.6 Å². The third-order valence-electron chi connectivity index (χ3n) is 4.49. The van der Waals surface area contributed by atoms with Crippen LogP contribution in [-0.4, -0.2) is 14.7 Å². The molecule has 5 heteroatoms. The molecule has 1 aromatic heterocycles. The van der Waals surface area contributed by atoms with Gasteiger partial charge in [-0.15, -0.1) is 0 Å². The van der Waals surface area contributed by atoms with Gasteiger partial charge in [-0.25, -0.2) is 4.98 Å². The van der Waals surface area contributed by atoms with Crippen molar-refractivity contribution in [2.75, 3.05) is 0 Å². The maximum atomic E-state index is 10.6. The fraction of sp³-hybridized carbons (Fsp3) is 0.286. The Morgan fingerprint density at radius 2 is 1.81 bits per heavy atom. The first kappa shape index (κ1) is 18.5. The quantitative estimate of drug-likeness (QED) is 0.650. The van der Waals surface area contributed by atoms with Crippen LogP contribution in [0.5, 0.6) is 5.75 Å². The van der Waals surface area contributed by atoms with E-state index in [1.165, 1.54) is 0 Å². The zero-order valence-electron chi connectivity index (χ0n) is 15.0. The van der Waals surface area contributed by atoms with Crippen LogP contribution in [0.4, 0.5) is 0 Å². The minimum Gasteiger partial charge on any atom is -0.489 e. The summed E-state index contributed by atoms with van der Waals surface area (Å²) < 4.78 is 7.84. The lowest BCUT2D eigenvalue weighted by molar-refractivity contribution is 0.107. The first-order chi connectivity index (χ1) is 12.5. The van der Waals surface area contributed by atoms with Crippen LogP contribution in [0.1, 0.15) is 30.0 Å². The number of benzene rings is 2. The van der Waals surface area contributed by atoms with Gasteiger partial charge >= 0.3 is 0 Å². The SMILES string of the molecule is Cc1nccn1CC(C)C(O)c1ccc(OCc2ccc(Cl)cc2)cc1. The zero-order valence-corrected chi connectivity index (χ0v) is 15.7. The second-order valence-electron chi connectivity index (χ2n) is 6.53. The van der Waals surface area contributed by atoms with Crippen molar-refractivity contribution in [3.8, 4) is 5.75 Å². The number of rotatable bonds is 7. The lowest BCUT2D eigenvalue weighted by atomic mass is 9.97. The Morgan fingerprint density at radius 3 is 2.42 bits per heavy atom. The summed E-state index contributed by atoms with van der Waals surface area (Å²) in [6.45, 7) is 5.21. The molecule has 2 atom stereocenters. The molecule has 0 aliphatic carbocycles. The number of nitrogens with zero attached hydrogens (tertiary/aromatic N) is 2. The standard InChI is InChI=1S/C21H23ClN2O2/c1-15(13-24-12-11-23-16(24)2)21(25)18-5-9-20(10-6-18)26-14-17-3-7-19(22)8-4-17/h3-12,15,21,25H,13-14H2,1-2H3. The van der Waals surface area contributed by atoms with E-state index in [1.54, 1.807) is 6.20 Å². The Morgan fingerprint density at radius 1 is 1.12 bits per heavy atom. The summed E-state index contributed by atoms with van der Waals surface area (Å²) in [7, 11) is 0. The van der Waals surface area contributed by atoms with Crippen LogP contribution < -0.4 is 4.74 Å². The molecule has 3 aromatic rings. The summed E-state index contributed by atoms with van der Waals surface area (Å²) in [4.78, 5) is 4.22. The third-order valence-corrected chi connectivity index (χ3v) is 4.74. The first-order valence-electron chi connectivity index (χ1n) is 8.66. The molecule has 0 aliphatic heterocycles. The van der Waals surface area contributed by atoms with E-state index in [4.69, 9.17) is 16.3 Å². The number of imidazole rings is 1. The minimum atomic E-state index is -0.540. The predicted molar refractivity (Wildman–Crippen MR) is 103 cm³/mol. The molecule has 1 N–H and O–H groups in total. The van der Waals surface area contributed by atoms with Gasteiger partial charge in [0, 0.05) is 29.9 Å². The fourth-order valence-electron chi connectivity index (χ4n) is 2.84. The second kappa shape index (κ2) is 8.39. The summed E-state index contributed by atoms with van der Waals surface area (Å²) in [6, 6.07) is 15.2. The maximum Gasteiger partial charge on any atom is 0.119 e. The molecule has 2 aromatic carbocycles. The molecule has 0 amide bonds. The molecule has 0 fully saturated rings. The predicted octanol–water partition coefficient (Wildman–Crippen LogP) is 4.79. The average molecular weight is 371 g/mol. The summed E-state index contributed by atoms with van der Waals surface area (Å²) in [6.07, 6.45) is 3.18. The highest BCUT2D eigenvalue weighted by atomic mass is 35.5. The van der Waals surface area contributed by atoms with Crippen molar-refractivity contribution in [2.45, 2.75) is 33.1 Å². The van der Waals surface area contributed by atoms with Crippen molar-refractivity contribution in [3.63, 3.8) is 0 Å². The molecule has 0 bridgehead atoms. The lowest BCUT2D eigenvalue weighted by Gasteiger charge is -2.20. The molecule has 1 heterocycles. The van der Waals surface area contributed by atoms with Crippen LogP contribution in [0.15, 0.2) is 60.9 Å². The number of ether oxygens (including phenoxy) is 1. The summed E-state index contributed by atoms with van der Waals surface area (Å²) in [5.41, 5.74) is 1.94. The number of aliphatic hydroxyl groups excluding tert-OH is 1. The number of aromatic nitrogens is 2. The number of aryl methyl sites for hydroxylation is 1. The second-order valence-corrected chi connectivity index (χ2v) is 6.97. The Bertz CT molecular complexity index is 828. The third kappa shape index (κ3) is 4.65. The van der Waals surface area contributed by atoms with Crippen molar-refractivity contribution in [3.05, 3.63) is 82.9 Å². The molecule has 0 spiro atoms. The zero-order chi connectivity index (χ0) is 18.5. The maximum absolute atomic E-state index is 10.6. The van der Waals surface area contributed by atoms with Crippen molar-refractivity contribution in [1.29, 1.82) is 0 Å². The molecule has 0 aliphatic rings. The number of hydrogen-bond donors (Lipinski definition) is 1. The highest BCUT2D eigenvalue weighted by Gasteiger charge is 2.17. The van der Waals surface area contributed by atoms with Gasteiger partial charge in [-0.2, -0.15) is 0 Å². The van der Waals surface area contributed by atoms with Crippen LogP contribution in [0.25, 0.3) is 0 Å². The normalized spacial score (nSPS) is 13.4. The van der Waals surface area contributed by atoms with Gasteiger partial charge in [0.25, 0.3) is 0 Å². The molecule has 26 heavy (non-hydrogen) atoms. The number of aliphatic hydroxyl groups is 1. The highest BCUT2D eigenvalue weighted by Crippen LogP contribution is 2.25. The van der Waals surface area contributed by atoms with E-state index in [0.29, 0.717) is 11.6 Å². The smallest absolute Gasteiger partial charge is 0.119 e. The average Bonchev–Trinajstić information content (AvgIpc) is 3.05. The van der Waals surface area contributed by atoms with E-state index in [-0.39, 0.29) is 5.92 Å². The summed E-state index contributed by atoms with van der Waals surface area (Å²) in [5.74, 6) is 1.80. The summed E-state index contributed by atoms with van der Waals surface area (Å²) >= 11 is 5.89. The fourth-order valence-corrected chi connectivity index (χ4v) is 2.97. The minimum absolute atomic E-state index is 0.0729. The van der Waals surface area contributed by atoms with Gasteiger partial charge in [0.2, 0.25) is 0 Å². The van der Waals surface area contributed by atoms with Crippen LogP contribution in [0.3, 0.4) is 0 Å². The van der Waals surface area contributed by atoms with Crippen molar-refractivity contribution in [2.24, 2.45) is 5.92 Å². The van der Waals surface area contributed by atoms with Gasteiger partial charge in [0.05, 0.1) is 6.10 Å². The van der Waals surface area contributed by atoms with Crippen molar-refractivity contribution >= 4 is 11.6 Å². The van der Waals surface area contributed by atoms with E-state index in [9.17, 15) is 5.11 Å². The van der Waals surface area contributed by atoms with Crippen molar-refractivity contribution in [1.82, 2.24) is 9.55 Å². The highest BCUT2D eigenvalue weighted by molar-refractivity contribution is 6.30. The van der Waals surface area contributed by atoms with E-state index < -0.39 is 6.10 Å². The number of hydrogen-bond acceptors (Lipinski definition) is 3. The first-order valence-corrected chi connectivity index (χ1v) is 9.04. The van der Waals surface area contributed by atoms with Gasteiger partial charge in [-0.3, -0.25) is 0 Å².